The smallest absolute Gasteiger partial charge is 0.379 e. The van der Waals surface area contributed by atoms with Crippen molar-refractivity contribution in [2.75, 3.05) is 32.8 Å². The summed E-state index contributed by atoms with van der Waals surface area (Å²) in [5.74, 6) is 0. The average Bonchev–Trinajstić information content (AvgIpc) is 2.89. The van der Waals surface area contributed by atoms with Gasteiger partial charge in [0.25, 0.3) is 0 Å². The normalized spacial score (nSPS) is 16.4. The lowest BCUT2D eigenvalue weighted by Crippen LogP contribution is -2.38. The molecule has 128 valence electrons. The van der Waals surface area contributed by atoms with E-state index in [1.165, 1.54) is 6.33 Å². The number of H-pyrrole nitrogens is 1. The molecule has 1 aliphatic heterocycles. The number of rotatable bonds is 3. The molecule has 3 heterocycles. The van der Waals surface area contributed by atoms with E-state index in [0.717, 1.165) is 4.57 Å². The van der Waals surface area contributed by atoms with Gasteiger partial charge in [0.05, 0.1) is 25.1 Å². The van der Waals surface area contributed by atoms with Gasteiger partial charge in [-0.3, -0.25) is 4.90 Å². The van der Waals surface area contributed by atoms with Crippen LogP contribution in [0.4, 0.5) is 13.2 Å². The van der Waals surface area contributed by atoms with E-state index in [-0.39, 0.29) is 22.2 Å². The zero-order valence-electron chi connectivity index (χ0n) is 12.6. The van der Waals surface area contributed by atoms with Gasteiger partial charge in [-0.05, 0) is 0 Å². The second-order valence-electron chi connectivity index (χ2n) is 5.37. The molecule has 0 amide bonds. The molecule has 0 spiro atoms. The molecule has 0 aromatic carbocycles. The average molecular weight is 357 g/mol. The first-order chi connectivity index (χ1) is 11.4. The number of nitrogens with one attached hydrogen (secondary N) is 1. The largest absolute Gasteiger partial charge is 0.432 e. The first-order valence-corrected chi connectivity index (χ1v) is 7.71. The summed E-state index contributed by atoms with van der Waals surface area (Å²) in [5, 5.41) is 9.24. The van der Waals surface area contributed by atoms with E-state index >= 15 is 0 Å². The van der Waals surface area contributed by atoms with E-state index < -0.39 is 17.4 Å². The molecular formula is C14H14F3N5OS. The van der Waals surface area contributed by atoms with Gasteiger partial charge in [-0.25, -0.2) is 4.98 Å². The molecule has 1 saturated heterocycles. The predicted molar refractivity (Wildman–Crippen MR) is 81.9 cm³/mol. The fourth-order valence-corrected chi connectivity index (χ4v) is 3.16. The van der Waals surface area contributed by atoms with E-state index in [4.69, 9.17) is 17.0 Å². The number of fused-ring (bicyclic) bond motifs is 1. The van der Waals surface area contributed by atoms with Crippen LogP contribution in [0.25, 0.3) is 11.0 Å². The minimum absolute atomic E-state index is 0.0396. The summed E-state index contributed by atoms with van der Waals surface area (Å²) in [6, 6.07) is 1.65. The van der Waals surface area contributed by atoms with Gasteiger partial charge in [0.1, 0.15) is 22.8 Å². The zero-order chi connectivity index (χ0) is 17.3. The van der Waals surface area contributed by atoms with E-state index in [9.17, 15) is 18.4 Å². The van der Waals surface area contributed by atoms with Crippen molar-refractivity contribution < 1.29 is 17.9 Å². The van der Waals surface area contributed by atoms with Crippen LogP contribution >= 0.6 is 12.2 Å². The molecule has 1 aliphatic rings. The molecule has 0 bridgehead atoms. The fourth-order valence-electron chi connectivity index (χ4n) is 2.89. The molecule has 24 heavy (non-hydrogen) atoms. The Bertz CT molecular complexity index is 845. The SMILES string of the molecule is N#Cc1c(C(F)(F)F)n(CCN2CCOCC2)c2c(=S)nc[nH]c12. The number of aromatic amines is 1. The number of halogens is 3. The molecule has 2 aromatic heterocycles. The molecule has 0 atom stereocenters. The predicted octanol–water partition coefficient (Wildman–Crippen LogP) is 2.32. The van der Waals surface area contributed by atoms with Crippen LogP contribution in [-0.2, 0) is 17.5 Å². The number of alkyl halides is 3. The molecule has 1 fully saturated rings. The summed E-state index contributed by atoms with van der Waals surface area (Å²) < 4.78 is 47.0. The van der Waals surface area contributed by atoms with Gasteiger partial charge in [-0.1, -0.05) is 12.2 Å². The molecule has 0 aliphatic carbocycles. The van der Waals surface area contributed by atoms with Crippen molar-refractivity contribution in [1.29, 1.82) is 5.26 Å². The number of aromatic nitrogens is 3. The van der Waals surface area contributed by atoms with Gasteiger partial charge < -0.3 is 14.3 Å². The molecule has 0 saturated carbocycles. The highest BCUT2D eigenvalue weighted by molar-refractivity contribution is 7.71. The zero-order valence-corrected chi connectivity index (χ0v) is 13.4. The second-order valence-corrected chi connectivity index (χ2v) is 5.76. The van der Waals surface area contributed by atoms with Gasteiger partial charge in [-0.2, -0.15) is 18.4 Å². The third-order valence-electron chi connectivity index (χ3n) is 3.98. The molecule has 10 heteroatoms. The molecule has 0 radical (unpaired) electrons. The lowest BCUT2D eigenvalue weighted by Gasteiger charge is -2.27. The van der Waals surface area contributed by atoms with Crippen molar-refractivity contribution in [1.82, 2.24) is 19.4 Å². The lowest BCUT2D eigenvalue weighted by atomic mass is 10.2. The highest BCUT2D eigenvalue weighted by atomic mass is 32.1. The summed E-state index contributed by atoms with van der Waals surface area (Å²) in [4.78, 5) is 8.51. The van der Waals surface area contributed by atoms with E-state index in [1.807, 2.05) is 4.90 Å². The number of hydrogen-bond donors (Lipinski definition) is 1. The van der Waals surface area contributed by atoms with Crippen LogP contribution in [0.5, 0.6) is 0 Å². The molecule has 1 N–H and O–H groups in total. The van der Waals surface area contributed by atoms with Crippen LogP contribution in [0.2, 0.25) is 0 Å². The Labute approximate surface area is 140 Å². The van der Waals surface area contributed by atoms with Gasteiger partial charge >= 0.3 is 6.18 Å². The van der Waals surface area contributed by atoms with Crippen molar-refractivity contribution in [3.8, 4) is 6.07 Å². The molecular weight excluding hydrogens is 343 g/mol. The summed E-state index contributed by atoms with van der Waals surface area (Å²) in [5.41, 5.74) is -1.21. The topological polar surface area (TPSA) is 69.9 Å². The highest BCUT2D eigenvalue weighted by Crippen LogP contribution is 2.37. The van der Waals surface area contributed by atoms with E-state index in [1.54, 1.807) is 6.07 Å². The Balaban J connectivity index is 2.10. The van der Waals surface area contributed by atoms with Crippen molar-refractivity contribution in [3.05, 3.63) is 22.2 Å². The van der Waals surface area contributed by atoms with Crippen molar-refractivity contribution in [3.63, 3.8) is 0 Å². The maximum Gasteiger partial charge on any atom is 0.432 e. The molecule has 0 unspecified atom stereocenters. The van der Waals surface area contributed by atoms with Gasteiger partial charge in [-0.15, -0.1) is 0 Å². The van der Waals surface area contributed by atoms with E-state index in [2.05, 4.69) is 9.97 Å². The Morgan fingerprint density at radius 1 is 1.33 bits per heavy atom. The van der Waals surface area contributed by atoms with Gasteiger partial charge in [0.15, 0.2) is 4.64 Å². The Kier molecular flexibility index (Phi) is 4.58. The maximum absolute atomic E-state index is 13.6. The lowest BCUT2D eigenvalue weighted by molar-refractivity contribution is -0.143. The van der Waals surface area contributed by atoms with Gasteiger partial charge in [0, 0.05) is 26.2 Å². The number of nitriles is 1. The third kappa shape index (κ3) is 3.02. The van der Waals surface area contributed by atoms with Crippen LogP contribution in [0.1, 0.15) is 11.3 Å². The van der Waals surface area contributed by atoms with Crippen LogP contribution in [0.3, 0.4) is 0 Å². The van der Waals surface area contributed by atoms with Crippen molar-refractivity contribution in [2.24, 2.45) is 0 Å². The fraction of sp³-hybridized carbons (Fsp3) is 0.500. The van der Waals surface area contributed by atoms with Gasteiger partial charge in [0.2, 0.25) is 0 Å². The summed E-state index contributed by atoms with van der Waals surface area (Å²) in [7, 11) is 0. The summed E-state index contributed by atoms with van der Waals surface area (Å²) in [6.07, 6.45) is -3.46. The molecule has 2 aromatic rings. The minimum atomic E-state index is -4.66. The van der Waals surface area contributed by atoms with E-state index in [0.29, 0.717) is 32.8 Å². The maximum atomic E-state index is 13.6. The number of morpholine rings is 1. The molecule has 6 nitrogen and oxygen atoms in total. The summed E-state index contributed by atoms with van der Waals surface area (Å²) in [6.45, 7) is 2.92. The number of nitrogens with zero attached hydrogens (tertiary/aromatic N) is 4. The number of hydrogen-bond acceptors (Lipinski definition) is 5. The van der Waals surface area contributed by atoms with Crippen LogP contribution < -0.4 is 0 Å². The summed E-state index contributed by atoms with van der Waals surface area (Å²) >= 11 is 5.09. The monoisotopic (exact) mass is 357 g/mol. The second kappa shape index (κ2) is 6.51. The Hall–Kier alpha value is -1.96. The highest BCUT2D eigenvalue weighted by Gasteiger charge is 2.40. The minimum Gasteiger partial charge on any atom is -0.379 e. The quantitative estimate of drug-likeness (QED) is 0.854. The third-order valence-corrected chi connectivity index (χ3v) is 4.28. The molecule has 3 rings (SSSR count). The van der Waals surface area contributed by atoms with Crippen LogP contribution in [-0.4, -0.2) is 52.3 Å². The first kappa shape index (κ1) is 16.9. The van der Waals surface area contributed by atoms with Crippen molar-refractivity contribution >= 4 is 23.3 Å². The van der Waals surface area contributed by atoms with Crippen molar-refractivity contribution in [2.45, 2.75) is 12.7 Å². The van der Waals surface area contributed by atoms with Crippen LogP contribution in [0, 0.1) is 16.0 Å². The van der Waals surface area contributed by atoms with Crippen LogP contribution in [0.15, 0.2) is 6.33 Å². The standard InChI is InChI=1S/C14H14F3N5OS/c15-14(16,17)12-9(7-18)10-11(13(24)20-8-19-10)22(12)2-1-21-3-5-23-6-4-21/h8H,1-6H2,(H,19,20,24). The number of ether oxygens (including phenoxy) is 1. The Morgan fingerprint density at radius 3 is 2.67 bits per heavy atom. The Morgan fingerprint density at radius 2 is 2.04 bits per heavy atom. The first-order valence-electron chi connectivity index (χ1n) is 7.30.